The Labute approximate surface area is 252 Å². The number of benzene rings is 5. The molecule has 0 aromatic heterocycles. The summed E-state index contributed by atoms with van der Waals surface area (Å²) < 4.78 is 0. The van der Waals surface area contributed by atoms with Gasteiger partial charge in [-0.3, -0.25) is 0 Å². The number of rotatable bonds is 1. The van der Waals surface area contributed by atoms with Gasteiger partial charge in [0.1, 0.15) is 0 Å². The summed E-state index contributed by atoms with van der Waals surface area (Å²) in [5.41, 5.74) is 6.46. The minimum atomic E-state index is 0. The van der Waals surface area contributed by atoms with Crippen molar-refractivity contribution < 1.29 is 17.1 Å². The Morgan fingerprint density at radius 1 is 0.415 bits per heavy atom. The van der Waals surface area contributed by atoms with E-state index < -0.39 is 0 Å². The Kier molecular flexibility index (Phi) is 8.96. The molecule has 200 valence electrons. The van der Waals surface area contributed by atoms with E-state index in [0.717, 1.165) is 43.8 Å². The molecule has 0 aliphatic rings. The predicted octanol–water partition coefficient (Wildman–Crippen LogP) is 9.58. The van der Waals surface area contributed by atoms with E-state index in [0.29, 0.717) is 0 Å². The summed E-state index contributed by atoms with van der Waals surface area (Å²) in [5.74, 6) is 13.9. The zero-order valence-corrected chi connectivity index (χ0v) is 23.5. The van der Waals surface area contributed by atoms with E-state index in [4.69, 9.17) is 0 Å². The van der Waals surface area contributed by atoms with Crippen LogP contribution in [0.4, 0.5) is 0 Å². The van der Waals surface area contributed by atoms with Crippen molar-refractivity contribution in [3.63, 3.8) is 0 Å². The third-order valence-electron chi connectivity index (χ3n) is 6.79. The summed E-state index contributed by atoms with van der Waals surface area (Å²) in [7, 11) is 0. The molecule has 0 fully saturated rings. The minimum Gasteiger partial charge on any atom is -0.748 e. The summed E-state index contributed by atoms with van der Waals surface area (Å²) in [6.45, 7) is 0. The van der Waals surface area contributed by atoms with Gasteiger partial charge in [0.25, 0.3) is 0 Å². The smallest absolute Gasteiger partial charge is 0.0331 e. The summed E-state index contributed by atoms with van der Waals surface area (Å²) in [6.07, 6.45) is 0. The molecule has 7 aromatic rings. The van der Waals surface area contributed by atoms with Crippen molar-refractivity contribution in [3.05, 3.63) is 180 Å². The molecule has 0 saturated carbocycles. The summed E-state index contributed by atoms with van der Waals surface area (Å²) in [4.78, 5) is 0. The first-order valence-corrected chi connectivity index (χ1v) is 13.4. The Morgan fingerprint density at radius 2 is 0.878 bits per heavy atom. The van der Waals surface area contributed by atoms with Gasteiger partial charge < -0.3 is 30.3 Å². The van der Waals surface area contributed by atoms with Gasteiger partial charge in [0.05, 0.1) is 0 Å². The molecule has 0 nitrogen and oxygen atoms in total. The third kappa shape index (κ3) is 6.25. The number of hydrogen-bond acceptors (Lipinski definition) is 0. The van der Waals surface area contributed by atoms with Crippen molar-refractivity contribution in [2.24, 2.45) is 0 Å². The molecule has 0 radical (unpaired) electrons. The van der Waals surface area contributed by atoms with Gasteiger partial charge in [0, 0.05) is 39.3 Å². The van der Waals surface area contributed by atoms with Crippen LogP contribution in [-0.2, 0) is 17.1 Å². The summed E-state index contributed by atoms with van der Waals surface area (Å²) in [5, 5.41) is 4.53. The molecule has 0 bridgehead atoms. The maximum Gasteiger partial charge on any atom is 0.0331 e. The fourth-order valence-electron chi connectivity index (χ4n) is 4.92. The molecule has 0 spiro atoms. The van der Waals surface area contributed by atoms with Gasteiger partial charge in [-0.05, 0) is 40.4 Å². The minimum absolute atomic E-state index is 0. The molecule has 0 aliphatic carbocycles. The van der Waals surface area contributed by atoms with Crippen molar-refractivity contribution in [3.8, 4) is 34.8 Å². The number of hydrogen-bond donors (Lipinski definition) is 0. The van der Waals surface area contributed by atoms with E-state index in [-0.39, 0.29) is 17.1 Å². The first-order valence-electron chi connectivity index (χ1n) is 13.4. The van der Waals surface area contributed by atoms with E-state index in [9.17, 15) is 0 Å². The van der Waals surface area contributed by atoms with Gasteiger partial charge in [-0.1, -0.05) is 107 Å². The summed E-state index contributed by atoms with van der Waals surface area (Å²) >= 11 is 0. The maximum atomic E-state index is 3.55. The second-order valence-corrected chi connectivity index (χ2v) is 9.39. The van der Waals surface area contributed by atoms with Gasteiger partial charge in [-0.25, -0.2) is 0 Å². The first kappa shape index (κ1) is 27.5. The Balaban J connectivity index is 0.000000510. The zero-order valence-electron chi connectivity index (χ0n) is 22.4. The third-order valence-corrected chi connectivity index (χ3v) is 6.79. The van der Waals surface area contributed by atoms with Gasteiger partial charge in [-0.15, -0.1) is 23.8 Å². The van der Waals surface area contributed by atoms with Crippen LogP contribution in [0.2, 0.25) is 0 Å². The Hall–Kier alpha value is -5.04. The fraction of sp³-hybridized carbons (Fsp3) is 0. The van der Waals surface area contributed by atoms with Gasteiger partial charge in [-0.2, -0.15) is 12.1 Å². The molecular formula is C40H26Fe-6. The van der Waals surface area contributed by atoms with Crippen LogP contribution >= 0.6 is 0 Å². The average Bonchev–Trinajstić information content (AvgIpc) is 3.78. The topological polar surface area (TPSA) is 0 Å². The SMILES string of the molecule is C(#Cc1c2ccccc2c(C#Cc2ccccc2)c2c(-[c-]3cccc3)cccc12)c1ccccc1.[Fe].[cH-]1[cH-][cH-][cH-][cH-]1. The van der Waals surface area contributed by atoms with Crippen LogP contribution in [0.5, 0.6) is 0 Å². The van der Waals surface area contributed by atoms with Gasteiger partial charge in [0.15, 0.2) is 0 Å². The first-order chi connectivity index (χ1) is 19.9. The average molecular weight is 562 g/mol. The quantitative estimate of drug-likeness (QED) is 0.0809. The van der Waals surface area contributed by atoms with Crippen LogP contribution in [0.25, 0.3) is 32.7 Å². The molecule has 0 atom stereocenters. The standard InChI is InChI=1S/C35H21.C5H5.Fe/c1-3-12-26(13-4-1)22-24-32-30-18-9-10-19-31(30)34(25-23-27-14-5-2-6-15-27)35-29(20-11-21-33(32)35)28-16-7-8-17-28;1-2-4-5-3-1;/h1-21H;1-5H;/q-1;-5;. The van der Waals surface area contributed by atoms with E-state index in [2.05, 4.69) is 103 Å². The van der Waals surface area contributed by atoms with Crippen molar-refractivity contribution in [2.75, 3.05) is 0 Å². The molecule has 7 rings (SSSR count). The van der Waals surface area contributed by atoms with Gasteiger partial charge in [0.2, 0.25) is 0 Å². The molecular weight excluding hydrogens is 536 g/mol. The van der Waals surface area contributed by atoms with Crippen molar-refractivity contribution in [2.45, 2.75) is 0 Å². The molecule has 0 amide bonds. The number of fused-ring (bicyclic) bond motifs is 2. The van der Waals surface area contributed by atoms with Crippen molar-refractivity contribution in [1.29, 1.82) is 0 Å². The molecule has 1 heteroatoms. The molecule has 7 aromatic carbocycles. The predicted molar refractivity (Wildman–Crippen MR) is 169 cm³/mol. The van der Waals surface area contributed by atoms with Gasteiger partial charge >= 0.3 is 0 Å². The van der Waals surface area contributed by atoms with E-state index in [1.54, 1.807) is 0 Å². The Morgan fingerprint density at radius 3 is 1.44 bits per heavy atom. The molecule has 0 saturated heterocycles. The monoisotopic (exact) mass is 562 g/mol. The largest absolute Gasteiger partial charge is 0.748 e. The molecule has 0 heterocycles. The molecule has 0 aliphatic heterocycles. The van der Waals surface area contributed by atoms with Crippen LogP contribution in [0.1, 0.15) is 22.3 Å². The maximum absolute atomic E-state index is 3.55. The Bertz CT molecular complexity index is 1960. The molecule has 41 heavy (non-hydrogen) atoms. The van der Waals surface area contributed by atoms with Crippen molar-refractivity contribution >= 4 is 21.5 Å². The molecule has 0 N–H and O–H groups in total. The summed E-state index contributed by atoms with van der Waals surface area (Å²) in [6, 6.07) is 53.8. The second-order valence-electron chi connectivity index (χ2n) is 9.39. The fourth-order valence-corrected chi connectivity index (χ4v) is 4.92. The van der Waals surface area contributed by atoms with Crippen LogP contribution in [-0.4, -0.2) is 0 Å². The van der Waals surface area contributed by atoms with E-state index in [1.165, 1.54) is 11.1 Å². The normalized spacial score (nSPS) is 9.85. The zero-order chi connectivity index (χ0) is 27.0. The van der Waals surface area contributed by atoms with Crippen LogP contribution in [0.15, 0.2) is 158 Å². The van der Waals surface area contributed by atoms with Crippen LogP contribution < -0.4 is 0 Å². The molecule has 0 unspecified atom stereocenters. The van der Waals surface area contributed by atoms with E-state index in [1.807, 2.05) is 78.9 Å². The van der Waals surface area contributed by atoms with Crippen LogP contribution in [0.3, 0.4) is 0 Å². The van der Waals surface area contributed by atoms with E-state index >= 15 is 0 Å². The second kappa shape index (κ2) is 13.3. The van der Waals surface area contributed by atoms with Crippen molar-refractivity contribution in [1.82, 2.24) is 0 Å². The van der Waals surface area contributed by atoms with Crippen LogP contribution in [0, 0.1) is 23.7 Å².